The third kappa shape index (κ3) is 4.52. The summed E-state index contributed by atoms with van der Waals surface area (Å²) in [4.78, 5) is 27.0. The average Bonchev–Trinajstić information content (AvgIpc) is 3.16. The van der Waals surface area contributed by atoms with Gasteiger partial charge in [-0.3, -0.25) is 9.59 Å². The summed E-state index contributed by atoms with van der Waals surface area (Å²) in [6.45, 7) is 8.54. The Balaban J connectivity index is 1.39. The van der Waals surface area contributed by atoms with Gasteiger partial charge >= 0.3 is 0 Å². The van der Waals surface area contributed by atoms with Crippen molar-refractivity contribution in [3.05, 3.63) is 82.9 Å². The topological polar surface area (TPSA) is 58.6 Å². The third-order valence-electron chi connectivity index (χ3n) is 6.20. The second-order valence-corrected chi connectivity index (χ2v) is 8.49. The number of hydrogen-bond acceptors (Lipinski definition) is 3. The van der Waals surface area contributed by atoms with Crippen LogP contribution in [-0.4, -0.2) is 18.4 Å². The molecule has 5 nitrogen and oxygen atoms in total. The molecule has 32 heavy (non-hydrogen) atoms. The Morgan fingerprint density at radius 2 is 1.69 bits per heavy atom. The van der Waals surface area contributed by atoms with Crippen LogP contribution in [0.1, 0.15) is 28.7 Å². The highest BCUT2D eigenvalue weighted by Gasteiger charge is 2.35. The van der Waals surface area contributed by atoms with Crippen molar-refractivity contribution in [1.82, 2.24) is 0 Å². The summed E-state index contributed by atoms with van der Waals surface area (Å²) in [6, 6.07) is 19.2. The summed E-state index contributed by atoms with van der Waals surface area (Å²) in [7, 11) is 0. The smallest absolute Gasteiger partial charge is 0.229 e. The van der Waals surface area contributed by atoms with Crippen LogP contribution in [0.4, 0.5) is 11.4 Å². The molecule has 0 bridgehead atoms. The van der Waals surface area contributed by atoms with Crippen molar-refractivity contribution in [2.75, 3.05) is 16.8 Å². The van der Waals surface area contributed by atoms with Crippen LogP contribution in [0, 0.1) is 33.6 Å². The number of benzene rings is 3. The largest absolute Gasteiger partial charge is 0.457 e. The number of nitrogens with zero attached hydrogens (tertiary/aromatic N) is 1. The highest BCUT2D eigenvalue weighted by Crippen LogP contribution is 2.29. The Kier molecular flexibility index (Phi) is 5.99. The van der Waals surface area contributed by atoms with Gasteiger partial charge in [0.1, 0.15) is 11.5 Å². The summed E-state index contributed by atoms with van der Waals surface area (Å²) in [5, 5.41) is 2.94. The number of rotatable bonds is 5. The van der Waals surface area contributed by atoms with E-state index in [1.54, 1.807) is 4.90 Å². The van der Waals surface area contributed by atoms with E-state index in [9.17, 15) is 9.59 Å². The second-order valence-electron chi connectivity index (χ2n) is 8.49. The Labute approximate surface area is 189 Å². The molecule has 1 heterocycles. The SMILES string of the molecule is Cc1ccc(N2C[C@H](C(=O)Nc3ccc(Oc4cccc(C)c4C)cc3)CC2=O)cc1C. The first kappa shape index (κ1) is 21.6. The van der Waals surface area contributed by atoms with Gasteiger partial charge in [-0.1, -0.05) is 18.2 Å². The van der Waals surface area contributed by atoms with Gasteiger partial charge in [0.25, 0.3) is 0 Å². The maximum Gasteiger partial charge on any atom is 0.229 e. The molecule has 0 aromatic heterocycles. The van der Waals surface area contributed by atoms with E-state index in [0.29, 0.717) is 18.0 Å². The molecule has 1 fully saturated rings. The normalized spacial score (nSPS) is 15.7. The Bertz CT molecular complexity index is 1170. The number of carbonyl (C=O) groups excluding carboxylic acids is 2. The van der Waals surface area contributed by atoms with Gasteiger partial charge in [-0.25, -0.2) is 0 Å². The third-order valence-corrected chi connectivity index (χ3v) is 6.20. The van der Waals surface area contributed by atoms with Gasteiger partial charge < -0.3 is 15.0 Å². The highest BCUT2D eigenvalue weighted by atomic mass is 16.5. The molecule has 3 aromatic rings. The van der Waals surface area contributed by atoms with E-state index < -0.39 is 0 Å². The van der Waals surface area contributed by atoms with E-state index in [1.807, 2.05) is 75.4 Å². The van der Waals surface area contributed by atoms with Crippen molar-refractivity contribution in [2.45, 2.75) is 34.1 Å². The number of hydrogen-bond donors (Lipinski definition) is 1. The minimum atomic E-state index is -0.380. The van der Waals surface area contributed by atoms with E-state index in [2.05, 4.69) is 18.3 Å². The standard InChI is InChI=1S/C27H28N2O3/c1-17-8-11-23(14-19(17)3)29-16-21(15-26(29)30)27(31)28-22-9-12-24(13-10-22)32-25-7-5-6-18(2)20(25)4/h5-14,21H,15-16H2,1-4H3,(H,28,31)/t21-/m1/s1. The van der Waals surface area contributed by atoms with Crippen LogP contribution in [0.25, 0.3) is 0 Å². The molecular formula is C27H28N2O3. The quantitative estimate of drug-likeness (QED) is 0.567. The summed E-state index contributed by atoms with van der Waals surface area (Å²) < 4.78 is 5.98. The Morgan fingerprint density at radius 1 is 0.938 bits per heavy atom. The first-order valence-corrected chi connectivity index (χ1v) is 10.8. The molecule has 3 aromatic carbocycles. The predicted octanol–water partition coefficient (Wildman–Crippen LogP) is 5.70. The molecule has 1 saturated heterocycles. The molecule has 1 N–H and O–H groups in total. The van der Waals surface area contributed by atoms with Gasteiger partial charge in [0.2, 0.25) is 11.8 Å². The fourth-order valence-electron chi connectivity index (χ4n) is 3.84. The number of ether oxygens (including phenoxy) is 1. The molecule has 5 heteroatoms. The lowest BCUT2D eigenvalue weighted by Gasteiger charge is -2.18. The maximum atomic E-state index is 12.8. The van der Waals surface area contributed by atoms with Gasteiger partial charge in [-0.2, -0.15) is 0 Å². The van der Waals surface area contributed by atoms with E-state index in [0.717, 1.165) is 22.6 Å². The van der Waals surface area contributed by atoms with Gasteiger partial charge in [-0.05, 0) is 92.4 Å². The first-order chi connectivity index (χ1) is 15.3. The second kappa shape index (κ2) is 8.87. The van der Waals surface area contributed by atoms with E-state index in [-0.39, 0.29) is 24.2 Å². The fourth-order valence-corrected chi connectivity index (χ4v) is 3.84. The highest BCUT2D eigenvalue weighted by molar-refractivity contribution is 6.03. The van der Waals surface area contributed by atoms with E-state index >= 15 is 0 Å². The Hall–Kier alpha value is -3.60. The van der Waals surface area contributed by atoms with Crippen molar-refractivity contribution >= 4 is 23.2 Å². The lowest BCUT2D eigenvalue weighted by molar-refractivity contribution is -0.122. The summed E-state index contributed by atoms with van der Waals surface area (Å²) in [5.41, 5.74) is 6.12. The van der Waals surface area contributed by atoms with Gasteiger partial charge in [0.15, 0.2) is 0 Å². The number of amides is 2. The molecule has 2 amide bonds. The van der Waals surface area contributed by atoms with Crippen LogP contribution in [0.3, 0.4) is 0 Å². The van der Waals surface area contributed by atoms with Crippen LogP contribution in [-0.2, 0) is 9.59 Å². The van der Waals surface area contributed by atoms with Crippen LogP contribution in [0.5, 0.6) is 11.5 Å². The summed E-state index contributed by atoms with van der Waals surface area (Å²) in [5.74, 6) is 0.972. The van der Waals surface area contributed by atoms with Crippen LogP contribution >= 0.6 is 0 Å². The average molecular weight is 429 g/mol. The first-order valence-electron chi connectivity index (χ1n) is 10.8. The molecule has 1 aliphatic rings. The predicted molar refractivity (Wildman–Crippen MR) is 127 cm³/mol. The van der Waals surface area contributed by atoms with E-state index in [4.69, 9.17) is 4.74 Å². The molecule has 0 radical (unpaired) electrons. The monoisotopic (exact) mass is 428 g/mol. The fraction of sp³-hybridized carbons (Fsp3) is 0.259. The molecule has 1 atom stereocenters. The van der Waals surface area contributed by atoms with Gasteiger partial charge in [-0.15, -0.1) is 0 Å². The molecule has 4 rings (SSSR count). The molecule has 0 spiro atoms. The Morgan fingerprint density at radius 3 is 2.41 bits per heavy atom. The lowest BCUT2D eigenvalue weighted by Crippen LogP contribution is -2.28. The van der Waals surface area contributed by atoms with Crippen molar-refractivity contribution in [3.63, 3.8) is 0 Å². The summed E-state index contributed by atoms with van der Waals surface area (Å²) in [6.07, 6.45) is 0.215. The number of anilines is 2. The zero-order valence-electron chi connectivity index (χ0n) is 18.9. The minimum absolute atomic E-state index is 0.0225. The van der Waals surface area contributed by atoms with Gasteiger partial charge in [0.05, 0.1) is 5.92 Å². The molecule has 164 valence electrons. The van der Waals surface area contributed by atoms with Crippen molar-refractivity contribution in [3.8, 4) is 11.5 Å². The van der Waals surface area contributed by atoms with Crippen molar-refractivity contribution in [1.29, 1.82) is 0 Å². The zero-order chi connectivity index (χ0) is 22.8. The molecule has 1 aliphatic heterocycles. The maximum absolute atomic E-state index is 12.8. The zero-order valence-corrected chi connectivity index (χ0v) is 18.9. The van der Waals surface area contributed by atoms with Crippen molar-refractivity contribution in [2.24, 2.45) is 5.92 Å². The molecule has 0 aliphatic carbocycles. The van der Waals surface area contributed by atoms with Crippen LogP contribution < -0.4 is 15.0 Å². The minimum Gasteiger partial charge on any atom is -0.457 e. The molecule has 0 saturated carbocycles. The number of aryl methyl sites for hydroxylation is 3. The lowest BCUT2D eigenvalue weighted by atomic mass is 10.1. The summed E-state index contributed by atoms with van der Waals surface area (Å²) >= 11 is 0. The van der Waals surface area contributed by atoms with Crippen LogP contribution in [0.15, 0.2) is 60.7 Å². The van der Waals surface area contributed by atoms with Gasteiger partial charge in [0, 0.05) is 24.3 Å². The van der Waals surface area contributed by atoms with E-state index in [1.165, 1.54) is 11.1 Å². The van der Waals surface area contributed by atoms with Crippen LogP contribution in [0.2, 0.25) is 0 Å². The number of carbonyl (C=O) groups is 2. The molecular weight excluding hydrogens is 400 g/mol. The number of nitrogens with one attached hydrogen (secondary N) is 1. The molecule has 0 unspecified atom stereocenters. The van der Waals surface area contributed by atoms with Crippen molar-refractivity contribution < 1.29 is 14.3 Å².